The predicted molar refractivity (Wildman–Crippen MR) is 60.9 cm³/mol. The van der Waals surface area contributed by atoms with Crippen molar-refractivity contribution in [2.75, 3.05) is 13.6 Å². The van der Waals surface area contributed by atoms with Gasteiger partial charge in [-0.15, -0.1) is 0 Å². The van der Waals surface area contributed by atoms with Crippen molar-refractivity contribution in [3.8, 4) is 0 Å². The molecule has 1 amide bonds. The van der Waals surface area contributed by atoms with Crippen LogP contribution in [-0.2, 0) is 9.59 Å². The quantitative estimate of drug-likeness (QED) is 0.356. The molecule has 6 heteroatoms. The van der Waals surface area contributed by atoms with Crippen LogP contribution in [0.25, 0.3) is 0 Å². The van der Waals surface area contributed by atoms with Crippen LogP contribution in [-0.4, -0.2) is 36.5 Å². The number of carboxylic acid groups (broad SMARTS) is 1. The molecular formula is C12H21FNNaO3. The zero-order valence-corrected chi connectivity index (χ0v) is 13.6. The molecule has 0 aliphatic heterocycles. The number of nitrogens with zero attached hydrogens (tertiary/aromatic N) is 1. The van der Waals surface area contributed by atoms with E-state index >= 15 is 0 Å². The van der Waals surface area contributed by atoms with Crippen LogP contribution in [0.3, 0.4) is 0 Å². The van der Waals surface area contributed by atoms with Crippen molar-refractivity contribution >= 4 is 11.9 Å². The minimum absolute atomic E-state index is 0. The van der Waals surface area contributed by atoms with Gasteiger partial charge >= 0.3 is 29.6 Å². The summed E-state index contributed by atoms with van der Waals surface area (Å²) >= 11 is 0. The average molecular weight is 269 g/mol. The van der Waals surface area contributed by atoms with Crippen molar-refractivity contribution in [1.29, 1.82) is 0 Å². The Hall–Kier alpha value is -0.130. The van der Waals surface area contributed by atoms with E-state index in [0.29, 0.717) is 6.42 Å². The maximum absolute atomic E-state index is 13.4. The van der Waals surface area contributed by atoms with Gasteiger partial charge in [0, 0.05) is 7.05 Å². The molecule has 18 heavy (non-hydrogen) atoms. The van der Waals surface area contributed by atoms with E-state index in [9.17, 15) is 19.1 Å². The molecule has 0 saturated carbocycles. The van der Waals surface area contributed by atoms with Gasteiger partial charge in [0.05, 0.1) is 18.9 Å². The first-order valence-electron chi connectivity index (χ1n) is 6.05. The number of halogens is 1. The van der Waals surface area contributed by atoms with Gasteiger partial charge in [-0.1, -0.05) is 32.6 Å². The normalized spacial score (nSPS) is 11.5. The number of hydrogen-bond donors (Lipinski definition) is 0. The third kappa shape index (κ3) is 11.0. The Morgan fingerprint density at radius 1 is 1.28 bits per heavy atom. The number of carboxylic acids is 1. The van der Waals surface area contributed by atoms with Gasteiger partial charge in [-0.25, -0.2) is 4.39 Å². The molecular weight excluding hydrogens is 248 g/mol. The van der Waals surface area contributed by atoms with E-state index in [0.717, 1.165) is 30.6 Å². The van der Waals surface area contributed by atoms with Crippen molar-refractivity contribution in [2.45, 2.75) is 51.6 Å². The first-order chi connectivity index (χ1) is 7.97. The van der Waals surface area contributed by atoms with Crippen LogP contribution in [0.1, 0.15) is 45.4 Å². The molecule has 0 saturated heterocycles. The maximum Gasteiger partial charge on any atom is 1.00 e. The Morgan fingerprint density at radius 3 is 2.39 bits per heavy atom. The van der Waals surface area contributed by atoms with Gasteiger partial charge in [-0.05, 0) is 6.42 Å². The summed E-state index contributed by atoms with van der Waals surface area (Å²) in [6.45, 7) is 1.59. The Balaban J connectivity index is 0. The first-order valence-corrected chi connectivity index (χ1v) is 6.05. The second-order valence-electron chi connectivity index (χ2n) is 4.27. The third-order valence-electron chi connectivity index (χ3n) is 2.56. The summed E-state index contributed by atoms with van der Waals surface area (Å²) in [4.78, 5) is 22.6. The summed E-state index contributed by atoms with van der Waals surface area (Å²) in [5, 5.41) is 10.2. The number of likely N-dealkylation sites (N-methyl/N-ethyl adjacent to an activating group) is 1. The van der Waals surface area contributed by atoms with Crippen LogP contribution in [0, 0.1) is 0 Å². The Bertz CT molecular complexity index is 251. The van der Waals surface area contributed by atoms with Crippen LogP contribution in [0.4, 0.5) is 4.39 Å². The summed E-state index contributed by atoms with van der Waals surface area (Å²) in [5.74, 6) is -1.82. The predicted octanol–water partition coefficient (Wildman–Crippen LogP) is -2.10. The van der Waals surface area contributed by atoms with E-state index in [1.807, 2.05) is 0 Å². The largest absolute Gasteiger partial charge is 1.00 e. The van der Waals surface area contributed by atoms with E-state index in [2.05, 4.69) is 6.92 Å². The van der Waals surface area contributed by atoms with Crippen LogP contribution in [0.5, 0.6) is 0 Å². The van der Waals surface area contributed by atoms with E-state index in [1.165, 1.54) is 7.05 Å². The molecule has 0 aliphatic rings. The molecule has 0 aliphatic carbocycles. The topological polar surface area (TPSA) is 60.4 Å². The smallest absolute Gasteiger partial charge is 0.548 e. The molecule has 0 heterocycles. The van der Waals surface area contributed by atoms with Gasteiger partial charge in [-0.3, -0.25) is 4.79 Å². The summed E-state index contributed by atoms with van der Waals surface area (Å²) < 4.78 is 13.4. The molecule has 1 unspecified atom stereocenters. The van der Waals surface area contributed by atoms with Gasteiger partial charge in [0.25, 0.3) is 0 Å². The number of amides is 1. The minimum Gasteiger partial charge on any atom is -0.548 e. The molecule has 0 aromatic heterocycles. The summed E-state index contributed by atoms with van der Waals surface area (Å²) in [5.41, 5.74) is 0. The molecule has 0 aromatic carbocycles. The summed E-state index contributed by atoms with van der Waals surface area (Å²) in [6.07, 6.45) is 2.85. The first kappa shape index (κ1) is 20.2. The fourth-order valence-corrected chi connectivity index (χ4v) is 1.52. The number of carbonyl (C=O) groups excluding carboxylic acids is 2. The van der Waals surface area contributed by atoms with Crippen molar-refractivity contribution in [3.05, 3.63) is 0 Å². The molecule has 1 atom stereocenters. The zero-order valence-electron chi connectivity index (χ0n) is 11.6. The Kier molecular flexibility index (Phi) is 13.4. The average Bonchev–Trinajstić information content (AvgIpc) is 2.23. The molecule has 0 aromatic rings. The van der Waals surface area contributed by atoms with Gasteiger partial charge in [0.2, 0.25) is 5.91 Å². The molecule has 0 rings (SSSR count). The van der Waals surface area contributed by atoms with Gasteiger partial charge in [0.1, 0.15) is 6.17 Å². The molecule has 4 nitrogen and oxygen atoms in total. The van der Waals surface area contributed by atoms with Crippen molar-refractivity contribution in [2.24, 2.45) is 0 Å². The minimum atomic E-state index is -1.33. The fourth-order valence-electron chi connectivity index (χ4n) is 1.52. The maximum atomic E-state index is 13.4. The van der Waals surface area contributed by atoms with Gasteiger partial charge < -0.3 is 14.8 Å². The second kappa shape index (κ2) is 11.9. The number of aliphatic carboxylic acids is 1. The summed E-state index contributed by atoms with van der Waals surface area (Å²) in [7, 11) is 1.34. The van der Waals surface area contributed by atoms with Crippen LogP contribution in [0.2, 0.25) is 0 Å². The van der Waals surface area contributed by atoms with E-state index < -0.39 is 24.6 Å². The van der Waals surface area contributed by atoms with Crippen molar-refractivity contribution < 1.29 is 48.6 Å². The van der Waals surface area contributed by atoms with Crippen LogP contribution >= 0.6 is 0 Å². The van der Waals surface area contributed by atoms with Crippen LogP contribution < -0.4 is 34.7 Å². The molecule has 0 radical (unpaired) electrons. The third-order valence-corrected chi connectivity index (χ3v) is 2.56. The number of carbonyl (C=O) groups is 2. The summed E-state index contributed by atoms with van der Waals surface area (Å²) in [6, 6.07) is 0. The molecule has 100 valence electrons. The van der Waals surface area contributed by atoms with E-state index in [4.69, 9.17) is 0 Å². The second-order valence-corrected chi connectivity index (χ2v) is 4.27. The van der Waals surface area contributed by atoms with Crippen molar-refractivity contribution in [1.82, 2.24) is 4.90 Å². The van der Waals surface area contributed by atoms with Crippen molar-refractivity contribution in [3.63, 3.8) is 0 Å². The Labute approximate surface area is 130 Å². The monoisotopic (exact) mass is 269 g/mol. The number of alkyl halides is 1. The van der Waals surface area contributed by atoms with Gasteiger partial charge in [0.15, 0.2) is 0 Å². The molecule has 0 spiro atoms. The fraction of sp³-hybridized carbons (Fsp3) is 0.833. The van der Waals surface area contributed by atoms with E-state index in [-0.39, 0.29) is 36.0 Å². The number of rotatable bonds is 9. The molecule has 0 bridgehead atoms. The number of hydrogen-bond acceptors (Lipinski definition) is 3. The zero-order chi connectivity index (χ0) is 13.3. The SMILES string of the molecule is CCCCCCC(F)CC(=O)N(C)CC(=O)[O-].[Na+]. The van der Waals surface area contributed by atoms with Gasteiger partial charge in [-0.2, -0.15) is 0 Å². The van der Waals surface area contributed by atoms with Crippen LogP contribution in [0.15, 0.2) is 0 Å². The number of unbranched alkanes of at least 4 members (excludes halogenated alkanes) is 3. The Morgan fingerprint density at radius 2 is 1.89 bits per heavy atom. The van der Waals surface area contributed by atoms with E-state index in [1.54, 1.807) is 0 Å². The standard InChI is InChI=1S/C12H22FNO3.Na/c1-3-4-5-6-7-10(13)8-11(15)14(2)9-12(16)17;/h10H,3-9H2,1-2H3,(H,16,17);/q;+1/p-1. The molecule has 0 fully saturated rings. The molecule has 0 N–H and O–H groups in total.